The Bertz CT molecular complexity index is 527. The molecule has 1 saturated heterocycles. The van der Waals surface area contributed by atoms with Gasteiger partial charge in [-0.2, -0.15) is 5.10 Å². The van der Waals surface area contributed by atoms with Gasteiger partial charge in [0.2, 0.25) is 0 Å². The average Bonchev–Trinajstić information content (AvgIpc) is 2.48. The van der Waals surface area contributed by atoms with Crippen LogP contribution in [0.2, 0.25) is 5.02 Å². The molecule has 1 aromatic heterocycles. The van der Waals surface area contributed by atoms with Gasteiger partial charge >= 0.3 is 0 Å². The van der Waals surface area contributed by atoms with Crippen LogP contribution in [-0.2, 0) is 16.0 Å². The Morgan fingerprint density at radius 2 is 2.24 bits per heavy atom. The average molecular weight is 316 g/mol. The maximum absolute atomic E-state index is 12.1. The Balaban J connectivity index is 2.03. The predicted octanol–water partition coefficient (Wildman–Crippen LogP) is 1.77. The first-order valence-corrected chi connectivity index (χ1v) is 7.50. The van der Waals surface area contributed by atoms with E-state index >= 15 is 0 Å². The highest BCUT2D eigenvalue weighted by molar-refractivity contribution is 6.32. The zero-order valence-corrected chi connectivity index (χ0v) is 13.3. The molecule has 1 aliphatic heterocycles. The van der Waals surface area contributed by atoms with Gasteiger partial charge in [-0.05, 0) is 18.3 Å². The summed E-state index contributed by atoms with van der Waals surface area (Å²) < 4.78 is 11.6. The molecule has 0 bridgehead atoms. The molecule has 1 aliphatic rings. The summed E-state index contributed by atoms with van der Waals surface area (Å²) in [6.45, 7) is 5.34. The Morgan fingerprint density at radius 3 is 2.90 bits per heavy atom. The highest BCUT2D eigenvalue weighted by Gasteiger charge is 2.27. The van der Waals surface area contributed by atoms with E-state index in [9.17, 15) is 4.79 Å². The molecule has 0 spiro atoms. The van der Waals surface area contributed by atoms with Crippen LogP contribution < -0.4 is 10.9 Å². The van der Waals surface area contributed by atoms with Crippen LogP contribution in [0, 0.1) is 5.41 Å². The number of hydrogen-bond donors (Lipinski definition) is 1. The van der Waals surface area contributed by atoms with Gasteiger partial charge in [0.25, 0.3) is 5.56 Å². The maximum Gasteiger partial charge on any atom is 0.287 e. The quantitative estimate of drug-likeness (QED) is 0.866. The first kappa shape index (κ1) is 16.3. The van der Waals surface area contributed by atoms with Crippen molar-refractivity contribution in [2.24, 2.45) is 5.41 Å². The van der Waals surface area contributed by atoms with Crippen molar-refractivity contribution in [3.63, 3.8) is 0 Å². The third-order valence-electron chi connectivity index (χ3n) is 3.90. The Labute approximate surface area is 129 Å². The molecule has 118 valence electrons. The van der Waals surface area contributed by atoms with E-state index in [1.807, 2.05) is 0 Å². The monoisotopic (exact) mass is 315 g/mol. The van der Waals surface area contributed by atoms with Gasteiger partial charge in [0.1, 0.15) is 5.02 Å². The molecule has 21 heavy (non-hydrogen) atoms. The standard InChI is InChI=1S/C14H22ClN3O3/c1-14(3-6-21-7-4-14)10-16-11-9-17-18(5-8-20-2)13(19)12(11)15/h9,16H,3-8,10H2,1-2H3. The lowest BCUT2D eigenvalue weighted by Gasteiger charge is -2.33. The first-order chi connectivity index (χ1) is 10.1. The van der Waals surface area contributed by atoms with E-state index < -0.39 is 0 Å². The SMILES string of the molecule is COCCn1ncc(NCC2(C)CCOCC2)c(Cl)c1=O. The van der Waals surface area contributed by atoms with Crippen LogP contribution in [-0.4, -0.2) is 43.3 Å². The van der Waals surface area contributed by atoms with Gasteiger partial charge in [-0.3, -0.25) is 4.79 Å². The molecule has 0 amide bonds. The minimum absolute atomic E-state index is 0.159. The smallest absolute Gasteiger partial charge is 0.287 e. The van der Waals surface area contributed by atoms with Gasteiger partial charge in [0.05, 0.1) is 25.0 Å². The number of hydrogen-bond acceptors (Lipinski definition) is 5. The fourth-order valence-corrected chi connectivity index (χ4v) is 2.49. The second kappa shape index (κ2) is 7.24. The van der Waals surface area contributed by atoms with Crippen molar-refractivity contribution in [1.29, 1.82) is 0 Å². The highest BCUT2D eigenvalue weighted by Crippen LogP contribution is 2.30. The van der Waals surface area contributed by atoms with E-state index in [2.05, 4.69) is 17.3 Å². The topological polar surface area (TPSA) is 65.4 Å². The number of methoxy groups -OCH3 is 1. The Hall–Kier alpha value is -1.11. The van der Waals surface area contributed by atoms with Crippen molar-refractivity contribution in [2.75, 3.05) is 38.8 Å². The van der Waals surface area contributed by atoms with Crippen LogP contribution in [0.15, 0.2) is 11.0 Å². The molecule has 1 N–H and O–H groups in total. The summed E-state index contributed by atoms with van der Waals surface area (Å²) >= 11 is 6.14. The van der Waals surface area contributed by atoms with Gasteiger partial charge in [0, 0.05) is 26.9 Å². The number of nitrogens with one attached hydrogen (secondary N) is 1. The molecule has 0 aromatic carbocycles. The second-order valence-corrected chi connectivity index (χ2v) is 6.05. The van der Waals surface area contributed by atoms with Crippen LogP contribution in [0.1, 0.15) is 19.8 Å². The van der Waals surface area contributed by atoms with Crippen molar-refractivity contribution in [3.05, 3.63) is 21.6 Å². The van der Waals surface area contributed by atoms with E-state index in [1.54, 1.807) is 13.3 Å². The Morgan fingerprint density at radius 1 is 1.52 bits per heavy atom. The van der Waals surface area contributed by atoms with Crippen molar-refractivity contribution < 1.29 is 9.47 Å². The molecular formula is C14H22ClN3O3. The molecule has 1 fully saturated rings. The van der Waals surface area contributed by atoms with Gasteiger partial charge in [0.15, 0.2) is 0 Å². The van der Waals surface area contributed by atoms with Crippen molar-refractivity contribution >= 4 is 17.3 Å². The summed E-state index contributed by atoms with van der Waals surface area (Å²) in [6.07, 6.45) is 3.59. The third kappa shape index (κ3) is 4.18. The summed E-state index contributed by atoms with van der Waals surface area (Å²) in [7, 11) is 1.58. The predicted molar refractivity (Wildman–Crippen MR) is 82.0 cm³/mol. The molecule has 0 aliphatic carbocycles. The molecule has 0 radical (unpaired) electrons. The molecular weight excluding hydrogens is 294 g/mol. The van der Waals surface area contributed by atoms with Gasteiger partial charge in [-0.15, -0.1) is 0 Å². The lowest BCUT2D eigenvalue weighted by atomic mass is 9.82. The number of ether oxygens (including phenoxy) is 2. The van der Waals surface area contributed by atoms with Gasteiger partial charge in [-0.25, -0.2) is 4.68 Å². The summed E-state index contributed by atoms with van der Waals surface area (Å²) in [6, 6.07) is 0. The number of halogens is 1. The second-order valence-electron chi connectivity index (χ2n) is 5.67. The lowest BCUT2D eigenvalue weighted by Crippen LogP contribution is -2.34. The summed E-state index contributed by atoms with van der Waals surface area (Å²) in [5, 5.41) is 7.55. The van der Waals surface area contributed by atoms with Crippen LogP contribution in [0.3, 0.4) is 0 Å². The van der Waals surface area contributed by atoms with Crippen molar-refractivity contribution in [2.45, 2.75) is 26.3 Å². The summed E-state index contributed by atoms with van der Waals surface area (Å²) in [5.74, 6) is 0. The van der Waals surface area contributed by atoms with Crippen molar-refractivity contribution in [1.82, 2.24) is 9.78 Å². The third-order valence-corrected chi connectivity index (χ3v) is 4.26. The maximum atomic E-state index is 12.1. The van der Waals surface area contributed by atoms with Crippen LogP contribution in [0.5, 0.6) is 0 Å². The normalized spacial score (nSPS) is 17.7. The largest absolute Gasteiger partial charge is 0.383 e. The van der Waals surface area contributed by atoms with E-state index in [4.69, 9.17) is 21.1 Å². The number of nitrogens with zero attached hydrogens (tertiary/aromatic N) is 2. The fourth-order valence-electron chi connectivity index (χ4n) is 2.27. The summed E-state index contributed by atoms with van der Waals surface area (Å²) in [4.78, 5) is 12.1. The molecule has 6 nitrogen and oxygen atoms in total. The molecule has 2 heterocycles. The van der Waals surface area contributed by atoms with Crippen LogP contribution >= 0.6 is 11.6 Å². The molecule has 7 heteroatoms. The minimum Gasteiger partial charge on any atom is -0.383 e. The zero-order chi connectivity index (χ0) is 15.3. The van der Waals surface area contributed by atoms with E-state index in [1.165, 1.54) is 4.68 Å². The molecule has 2 rings (SSSR count). The first-order valence-electron chi connectivity index (χ1n) is 7.12. The van der Waals surface area contributed by atoms with Gasteiger partial charge < -0.3 is 14.8 Å². The fraction of sp³-hybridized carbons (Fsp3) is 0.714. The highest BCUT2D eigenvalue weighted by atomic mass is 35.5. The molecule has 0 unspecified atom stereocenters. The lowest BCUT2D eigenvalue weighted by molar-refractivity contribution is 0.0300. The molecule has 0 atom stereocenters. The van der Waals surface area contributed by atoms with Crippen LogP contribution in [0.4, 0.5) is 5.69 Å². The van der Waals surface area contributed by atoms with Crippen LogP contribution in [0.25, 0.3) is 0 Å². The minimum atomic E-state index is -0.296. The van der Waals surface area contributed by atoms with E-state index in [0.29, 0.717) is 18.8 Å². The number of rotatable bonds is 6. The number of aromatic nitrogens is 2. The Kier molecular flexibility index (Phi) is 5.61. The summed E-state index contributed by atoms with van der Waals surface area (Å²) in [5.41, 5.74) is 0.450. The van der Waals surface area contributed by atoms with Gasteiger partial charge in [-0.1, -0.05) is 18.5 Å². The number of anilines is 1. The zero-order valence-electron chi connectivity index (χ0n) is 12.5. The molecule has 1 aromatic rings. The van der Waals surface area contributed by atoms with E-state index in [0.717, 1.165) is 32.6 Å². The van der Waals surface area contributed by atoms with Crippen molar-refractivity contribution in [3.8, 4) is 0 Å². The van der Waals surface area contributed by atoms with E-state index in [-0.39, 0.29) is 16.0 Å². The molecule has 0 saturated carbocycles.